The number of anilines is 1. The van der Waals surface area contributed by atoms with Crippen molar-refractivity contribution in [3.05, 3.63) is 17.2 Å². The van der Waals surface area contributed by atoms with Gasteiger partial charge in [-0.1, -0.05) is 11.6 Å². The number of ether oxygens (including phenoxy) is 2. The Labute approximate surface area is 158 Å². The summed E-state index contributed by atoms with van der Waals surface area (Å²) in [7, 11) is 3.12. The molecule has 0 heterocycles. The van der Waals surface area contributed by atoms with Crippen LogP contribution >= 0.6 is 23.2 Å². The van der Waals surface area contributed by atoms with E-state index in [-0.39, 0.29) is 16.2 Å². The Hall–Kier alpha value is -1.13. The molecule has 1 N–H and O–H groups in total. The Balaban J connectivity index is 1.60. The van der Waals surface area contributed by atoms with Crippen LogP contribution in [0.4, 0.5) is 5.69 Å². The lowest BCUT2D eigenvalue weighted by Gasteiger charge is -2.59. The van der Waals surface area contributed by atoms with Crippen LogP contribution in [0.25, 0.3) is 0 Å². The fourth-order valence-electron chi connectivity index (χ4n) is 5.62. The second-order valence-electron chi connectivity index (χ2n) is 8.03. The van der Waals surface area contributed by atoms with Crippen molar-refractivity contribution in [2.75, 3.05) is 19.5 Å². The molecule has 0 radical (unpaired) electrons. The molecule has 5 rings (SSSR count). The number of halogens is 2. The highest BCUT2D eigenvalue weighted by Gasteiger charge is 2.60. The zero-order chi connectivity index (χ0) is 17.8. The molecule has 1 aromatic carbocycles. The minimum atomic E-state index is -0.359. The molecule has 0 unspecified atom stereocenters. The van der Waals surface area contributed by atoms with E-state index in [1.54, 1.807) is 26.4 Å². The van der Waals surface area contributed by atoms with Gasteiger partial charge in [0.1, 0.15) is 0 Å². The number of benzene rings is 1. The maximum absolute atomic E-state index is 13.2. The van der Waals surface area contributed by atoms with E-state index in [0.717, 1.165) is 32.1 Å². The van der Waals surface area contributed by atoms with Gasteiger partial charge in [-0.25, -0.2) is 0 Å². The summed E-state index contributed by atoms with van der Waals surface area (Å²) >= 11 is 13.2. The van der Waals surface area contributed by atoms with Crippen LogP contribution in [0.2, 0.25) is 5.02 Å². The maximum Gasteiger partial charge on any atom is 0.230 e. The SMILES string of the molecule is COc1cc(Cl)c(NC(=O)C23C[C@H]4C[C@@H](CC(Cl)(C4)C2)C3)cc1OC. The minimum Gasteiger partial charge on any atom is -0.493 e. The molecule has 25 heavy (non-hydrogen) atoms. The first-order valence-corrected chi connectivity index (χ1v) is 9.54. The molecule has 4 bridgehead atoms. The van der Waals surface area contributed by atoms with E-state index in [2.05, 4.69) is 5.32 Å². The third-order valence-corrected chi connectivity index (χ3v) is 6.95. The first kappa shape index (κ1) is 17.3. The molecule has 0 spiro atoms. The molecule has 2 atom stereocenters. The van der Waals surface area contributed by atoms with E-state index in [4.69, 9.17) is 32.7 Å². The second-order valence-corrected chi connectivity index (χ2v) is 9.24. The molecule has 1 amide bonds. The highest BCUT2D eigenvalue weighted by atomic mass is 35.5. The van der Waals surface area contributed by atoms with E-state index in [0.29, 0.717) is 34.0 Å². The van der Waals surface area contributed by atoms with Crippen molar-refractivity contribution >= 4 is 34.8 Å². The minimum absolute atomic E-state index is 0.0424. The number of hydrogen-bond acceptors (Lipinski definition) is 3. The summed E-state index contributed by atoms with van der Waals surface area (Å²) in [4.78, 5) is 13.0. The van der Waals surface area contributed by atoms with Crippen LogP contribution in [0.1, 0.15) is 38.5 Å². The highest BCUT2D eigenvalue weighted by molar-refractivity contribution is 6.34. The van der Waals surface area contributed by atoms with Gasteiger partial charge in [-0.3, -0.25) is 4.79 Å². The standard InChI is InChI=1S/C19H23Cl2NO3/c1-24-15-4-13(20)14(5-16(15)25-2)22-17(23)18-6-11-3-12(7-18)9-19(21,8-11)10-18/h4-5,11-12H,3,6-10H2,1-2H3,(H,22,23)/t11-,12-,18?,19?/m1/s1. The number of nitrogens with one attached hydrogen (secondary N) is 1. The second kappa shape index (κ2) is 5.95. The number of carbonyl (C=O) groups is 1. The van der Waals surface area contributed by atoms with Gasteiger partial charge < -0.3 is 14.8 Å². The van der Waals surface area contributed by atoms with Gasteiger partial charge in [-0.15, -0.1) is 11.6 Å². The Bertz CT molecular complexity index is 707. The van der Waals surface area contributed by atoms with Crippen LogP contribution < -0.4 is 14.8 Å². The third kappa shape index (κ3) is 2.87. The maximum atomic E-state index is 13.2. The zero-order valence-electron chi connectivity index (χ0n) is 14.5. The molecular formula is C19H23Cl2NO3. The summed E-state index contributed by atoms with van der Waals surface area (Å²) in [6.07, 6.45) is 5.98. The summed E-state index contributed by atoms with van der Waals surface area (Å²) in [6.45, 7) is 0. The van der Waals surface area contributed by atoms with Crippen LogP contribution in [0.15, 0.2) is 12.1 Å². The van der Waals surface area contributed by atoms with Crippen molar-refractivity contribution in [2.24, 2.45) is 17.3 Å². The largest absolute Gasteiger partial charge is 0.493 e. The fourth-order valence-corrected chi connectivity index (χ4v) is 6.51. The molecule has 6 heteroatoms. The summed E-state index contributed by atoms with van der Waals surface area (Å²) in [5, 5.41) is 3.49. The topological polar surface area (TPSA) is 47.6 Å². The molecule has 4 nitrogen and oxygen atoms in total. The monoisotopic (exact) mass is 383 g/mol. The predicted octanol–water partition coefficient (Wildman–Crippen LogP) is 4.87. The molecule has 1 aromatic rings. The van der Waals surface area contributed by atoms with E-state index < -0.39 is 0 Å². The number of rotatable bonds is 4. The summed E-state index contributed by atoms with van der Waals surface area (Å²) in [6, 6.07) is 3.38. The molecule has 4 saturated carbocycles. The lowest BCUT2D eigenvalue weighted by molar-refractivity contribution is -0.138. The van der Waals surface area contributed by atoms with Crippen molar-refractivity contribution < 1.29 is 14.3 Å². The van der Waals surface area contributed by atoms with Crippen molar-refractivity contribution in [3.8, 4) is 11.5 Å². The average molecular weight is 384 g/mol. The normalized spacial score (nSPS) is 35.5. The number of methoxy groups -OCH3 is 2. The fraction of sp³-hybridized carbons (Fsp3) is 0.632. The molecule has 0 aromatic heterocycles. The Morgan fingerprint density at radius 1 is 1.12 bits per heavy atom. The summed E-state index contributed by atoms with van der Waals surface area (Å²) in [5.74, 6) is 2.28. The van der Waals surface area contributed by atoms with E-state index in [1.165, 1.54) is 6.42 Å². The number of carbonyl (C=O) groups excluding carboxylic acids is 1. The van der Waals surface area contributed by atoms with Crippen LogP contribution in [-0.2, 0) is 4.79 Å². The molecule has 0 saturated heterocycles. The van der Waals surface area contributed by atoms with Crippen LogP contribution in [0.3, 0.4) is 0 Å². The first-order chi connectivity index (χ1) is 11.9. The summed E-state index contributed by atoms with van der Waals surface area (Å²) in [5.41, 5.74) is 0.200. The lowest BCUT2D eigenvalue weighted by Crippen LogP contribution is -2.57. The van der Waals surface area contributed by atoms with Crippen molar-refractivity contribution in [1.82, 2.24) is 0 Å². The zero-order valence-corrected chi connectivity index (χ0v) is 16.0. The van der Waals surface area contributed by atoms with Gasteiger partial charge in [0.2, 0.25) is 5.91 Å². The number of alkyl halides is 1. The van der Waals surface area contributed by atoms with Crippen LogP contribution in [-0.4, -0.2) is 25.0 Å². The molecule has 4 fully saturated rings. The summed E-state index contributed by atoms with van der Waals surface area (Å²) < 4.78 is 10.6. The van der Waals surface area contributed by atoms with E-state index in [9.17, 15) is 4.79 Å². The average Bonchev–Trinajstić information content (AvgIpc) is 2.53. The Morgan fingerprint density at radius 3 is 2.28 bits per heavy atom. The predicted molar refractivity (Wildman–Crippen MR) is 98.9 cm³/mol. The van der Waals surface area contributed by atoms with Crippen LogP contribution in [0.5, 0.6) is 11.5 Å². The molecule has 136 valence electrons. The lowest BCUT2D eigenvalue weighted by atomic mass is 9.49. The van der Waals surface area contributed by atoms with Gasteiger partial charge in [0, 0.05) is 17.0 Å². The Morgan fingerprint density at radius 2 is 1.72 bits per heavy atom. The van der Waals surface area contributed by atoms with Gasteiger partial charge >= 0.3 is 0 Å². The molecule has 0 aliphatic heterocycles. The van der Waals surface area contributed by atoms with Crippen molar-refractivity contribution in [3.63, 3.8) is 0 Å². The van der Waals surface area contributed by atoms with E-state index in [1.807, 2.05) is 0 Å². The number of hydrogen-bond donors (Lipinski definition) is 1. The third-order valence-electron chi connectivity index (χ3n) is 6.19. The van der Waals surface area contributed by atoms with Gasteiger partial charge in [-0.05, 0) is 50.4 Å². The molecule has 4 aliphatic carbocycles. The number of amides is 1. The first-order valence-electron chi connectivity index (χ1n) is 8.78. The van der Waals surface area contributed by atoms with Crippen molar-refractivity contribution in [2.45, 2.75) is 43.4 Å². The Kier molecular flexibility index (Phi) is 4.12. The van der Waals surface area contributed by atoms with Gasteiger partial charge in [0.25, 0.3) is 0 Å². The van der Waals surface area contributed by atoms with Gasteiger partial charge in [0.15, 0.2) is 11.5 Å². The van der Waals surface area contributed by atoms with Crippen LogP contribution in [0, 0.1) is 17.3 Å². The quantitative estimate of drug-likeness (QED) is 0.754. The van der Waals surface area contributed by atoms with Crippen molar-refractivity contribution in [1.29, 1.82) is 0 Å². The smallest absolute Gasteiger partial charge is 0.230 e. The van der Waals surface area contributed by atoms with E-state index >= 15 is 0 Å². The highest BCUT2D eigenvalue weighted by Crippen LogP contribution is 2.64. The molecule has 4 aliphatic rings. The van der Waals surface area contributed by atoms with Gasteiger partial charge in [0.05, 0.1) is 30.3 Å². The van der Waals surface area contributed by atoms with Gasteiger partial charge in [-0.2, -0.15) is 0 Å². The molecular weight excluding hydrogens is 361 g/mol.